The third kappa shape index (κ3) is 5.10. The standard InChI is InChI=1S/C16H23NO4/c1-5-16(2,3)17(11-14(18)20-4)15(19)21-12-13-9-7-6-8-10-13/h6-10H,5,11-12H2,1-4H3. The molecule has 0 spiro atoms. The van der Waals surface area contributed by atoms with Gasteiger partial charge in [-0.3, -0.25) is 9.69 Å². The van der Waals surface area contributed by atoms with Crippen molar-refractivity contribution in [1.29, 1.82) is 0 Å². The molecule has 1 rings (SSSR count). The second-order valence-corrected chi connectivity index (χ2v) is 5.37. The fraction of sp³-hybridized carbons (Fsp3) is 0.500. The molecule has 116 valence electrons. The molecule has 0 aromatic heterocycles. The molecule has 0 unspecified atom stereocenters. The van der Waals surface area contributed by atoms with Crippen molar-refractivity contribution in [3.8, 4) is 0 Å². The molecule has 0 N–H and O–H groups in total. The summed E-state index contributed by atoms with van der Waals surface area (Å²) in [7, 11) is 1.30. The quantitative estimate of drug-likeness (QED) is 0.757. The molecule has 5 nitrogen and oxygen atoms in total. The normalized spacial score (nSPS) is 10.9. The number of amides is 1. The molecule has 0 radical (unpaired) electrons. The number of hydrogen-bond donors (Lipinski definition) is 0. The molecular formula is C16H23NO4. The monoisotopic (exact) mass is 293 g/mol. The van der Waals surface area contributed by atoms with Gasteiger partial charge in [0.25, 0.3) is 0 Å². The van der Waals surface area contributed by atoms with Crippen LogP contribution in [0.1, 0.15) is 32.8 Å². The summed E-state index contributed by atoms with van der Waals surface area (Å²) < 4.78 is 9.95. The van der Waals surface area contributed by atoms with E-state index in [1.807, 2.05) is 51.1 Å². The zero-order valence-electron chi connectivity index (χ0n) is 13.1. The third-order valence-corrected chi connectivity index (χ3v) is 3.54. The average Bonchev–Trinajstić information content (AvgIpc) is 2.50. The van der Waals surface area contributed by atoms with E-state index in [0.717, 1.165) is 5.56 Å². The number of carbonyl (C=O) groups is 2. The summed E-state index contributed by atoms with van der Waals surface area (Å²) in [5.41, 5.74) is 0.417. The van der Waals surface area contributed by atoms with Crippen LogP contribution in [0.25, 0.3) is 0 Å². The number of hydrogen-bond acceptors (Lipinski definition) is 4. The van der Waals surface area contributed by atoms with E-state index in [1.165, 1.54) is 12.0 Å². The number of carbonyl (C=O) groups excluding carboxylic acids is 2. The maximum atomic E-state index is 12.3. The van der Waals surface area contributed by atoms with Crippen LogP contribution in [0.4, 0.5) is 4.79 Å². The van der Waals surface area contributed by atoms with E-state index in [2.05, 4.69) is 4.74 Å². The van der Waals surface area contributed by atoms with Crippen molar-refractivity contribution in [3.63, 3.8) is 0 Å². The van der Waals surface area contributed by atoms with Gasteiger partial charge >= 0.3 is 12.1 Å². The molecule has 0 aliphatic carbocycles. The van der Waals surface area contributed by atoms with Gasteiger partial charge in [-0.2, -0.15) is 0 Å². The van der Waals surface area contributed by atoms with Crippen LogP contribution in [0.15, 0.2) is 30.3 Å². The first-order valence-corrected chi connectivity index (χ1v) is 6.96. The Labute approximate surface area is 125 Å². The van der Waals surface area contributed by atoms with Gasteiger partial charge in [0.05, 0.1) is 7.11 Å². The first-order valence-electron chi connectivity index (χ1n) is 6.96. The van der Waals surface area contributed by atoms with Gasteiger partial charge in [-0.15, -0.1) is 0 Å². The highest BCUT2D eigenvalue weighted by atomic mass is 16.6. The maximum absolute atomic E-state index is 12.3. The Kier molecular flexibility index (Phi) is 6.21. The van der Waals surface area contributed by atoms with Gasteiger partial charge in [0.2, 0.25) is 0 Å². The van der Waals surface area contributed by atoms with Crippen molar-refractivity contribution in [2.24, 2.45) is 0 Å². The third-order valence-electron chi connectivity index (χ3n) is 3.54. The van der Waals surface area contributed by atoms with Crippen molar-refractivity contribution in [2.45, 2.75) is 39.3 Å². The first-order chi connectivity index (χ1) is 9.90. The Morgan fingerprint density at radius 3 is 2.33 bits per heavy atom. The number of esters is 1. The summed E-state index contributed by atoms with van der Waals surface area (Å²) in [5.74, 6) is -0.465. The van der Waals surface area contributed by atoms with Crippen molar-refractivity contribution >= 4 is 12.1 Å². The average molecular weight is 293 g/mol. The second kappa shape index (κ2) is 7.67. The van der Waals surface area contributed by atoms with Crippen LogP contribution in [0.3, 0.4) is 0 Å². The molecule has 1 amide bonds. The molecule has 21 heavy (non-hydrogen) atoms. The fourth-order valence-electron chi connectivity index (χ4n) is 1.71. The number of methoxy groups -OCH3 is 1. The zero-order chi connectivity index (χ0) is 15.9. The minimum Gasteiger partial charge on any atom is -0.468 e. The van der Waals surface area contributed by atoms with E-state index in [4.69, 9.17) is 4.74 Å². The Morgan fingerprint density at radius 2 is 1.81 bits per heavy atom. The summed E-state index contributed by atoms with van der Waals surface area (Å²) in [5, 5.41) is 0. The molecule has 0 atom stereocenters. The van der Waals surface area contributed by atoms with Gasteiger partial charge in [0, 0.05) is 5.54 Å². The second-order valence-electron chi connectivity index (χ2n) is 5.37. The van der Waals surface area contributed by atoms with Gasteiger partial charge in [-0.1, -0.05) is 37.3 Å². The van der Waals surface area contributed by atoms with Gasteiger partial charge in [0.1, 0.15) is 13.2 Å². The lowest BCUT2D eigenvalue weighted by molar-refractivity contribution is -0.143. The number of ether oxygens (including phenoxy) is 2. The van der Waals surface area contributed by atoms with Crippen LogP contribution < -0.4 is 0 Å². The van der Waals surface area contributed by atoms with Crippen LogP contribution in [0, 0.1) is 0 Å². The molecule has 0 saturated heterocycles. The van der Waals surface area contributed by atoms with Crippen molar-refractivity contribution in [1.82, 2.24) is 4.90 Å². The SMILES string of the molecule is CCC(C)(C)N(CC(=O)OC)C(=O)OCc1ccccc1. The lowest BCUT2D eigenvalue weighted by atomic mass is 10.00. The highest BCUT2D eigenvalue weighted by Crippen LogP contribution is 2.20. The largest absolute Gasteiger partial charge is 0.468 e. The van der Waals surface area contributed by atoms with Gasteiger partial charge in [0.15, 0.2) is 0 Å². The van der Waals surface area contributed by atoms with Crippen LogP contribution in [-0.2, 0) is 20.9 Å². The van der Waals surface area contributed by atoms with E-state index in [1.54, 1.807) is 0 Å². The first kappa shape index (κ1) is 17.0. The molecule has 1 aromatic carbocycles. The van der Waals surface area contributed by atoms with E-state index in [9.17, 15) is 9.59 Å². The fourth-order valence-corrected chi connectivity index (χ4v) is 1.71. The highest BCUT2D eigenvalue weighted by Gasteiger charge is 2.32. The minimum atomic E-state index is -0.517. The lowest BCUT2D eigenvalue weighted by Crippen LogP contribution is -2.50. The van der Waals surface area contributed by atoms with E-state index >= 15 is 0 Å². The van der Waals surface area contributed by atoms with E-state index in [0.29, 0.717) is 6.42 Å². The topological polar surface area (TPSA) is 55.8 Å². The minimum absolute atomic E-state index is 0.120. The summed E-state index contributed by atoms with van der Waals surface area (Å²) in [6, 6.07) is 9.41. The highest BCUT2D eigenvalue weighted by molar-refractivity contribution is 5.78. The van der Waals surface area contributed by atoms with Crippen molar-refractivity contribution < 1.29 is 19.1 Å². The molecule has 0 bridgehead atoms. The summed E-state index contributed by atoms with van der Waals surface area (Å²) in [6.45, 7) is 5.79. The molecule has 5 heteroatoms. The Morgan fingerprint density at radius 1 is 1.19 bits per heavy atom. The lowest BCUT2D eigenvalue weighted by Gasteiger charge is -2.36. The van der Waals surface area contributed by atoms with Crippen LogP contribution in [0.5, 0.6) is 0 Å². The van der Waals surface area contributed by atoms with Crippen LogP contribution in [-0.4, -0.2) is 36.2 Å². The maximum Gasteiger partial charge on any atom is 0.411 e. The molecule has 0 fully saturated rings. The van der Waals surface area contributed by atoms with Crippen molar-refractivity contribution in [2.75, 3.05) is 13.7 Å². The Balaban J connectivity index is 2.73. The molecular weight excluding hydrogens is 270 g/mol. The van der Waals surface area contributed by atoms with Gasteiger partial charge in [-0.05, 0) is 25.8 Å². The van der Waals surface area contributed by atoms with Gasteiger partial charge in [-0.25, -0.2) is 4.79 Å². The zero-order valence-corrected chi connectivity index (χ0v) is 13.1. The molecule has 0 aliphatic rings. The van der Waals surface area contributed by atoms with Gasteiger partial charge < -0.3 is 9.47 Å². The van der Waals surface area contributed by atoms with E-state index in [-0.39, 0.29) is 13.2 Å². The molecule has 0 aliphatic heterocycles. The van der Waals surface area contributed by atoms with E-state index < -0.39 is 17.6 Å². The Bertz CT molecular complexity index is 470. The molecule has 0 saturated carbocycles. The van der Waals surface area contributed by atoms with Crippen LogP contribution in [0.2, 0.25) is 0 Å². The van der Waals surface area contributed by atoms with Crippen molar-refractivity contribution in [3.05, 3.63) is 35.9 Å². The molecule has 0 heterocycles. The number of nitrogens with zero attached hydrogens (tertiary/aromatic N) is 1. The Hall–Kier alpha value is -2.04. The number of benzene rings is 1. The predicted molar refractivity (Wildman–Crippen MR) is 79.7 cm³/mol. The smallest absolute Gasteiger partial charge is 0.411 e. The summed E-state index contributed by atoms with van der Waals surface area (Å²) >= 11 is 0. The molecule has 1 aromatic rings. The summed E-state index contributed by atoms with van der Waals surface area (Å²) in [4.78, 5) is 25.2. The predicted octanol–water partition coefficient (Wildman–Crippen LogP) is 2.99. The number of rotatable bonds is 6. The summed E-state index contributed by atoms with van der Waals surface area (Å²) in [6.07, 6.45) is 0.181. The van der Waals surface area contributed by atoms with Crippen LogP contribution >= 0.6 is 0 Å².